The van der Waals surface area contributed by atoms with E-state index in [4.69, 9.17) is 46.4 Å². The zero-order chi connectivity index (χ0) is 14.0. The fourth-order valence-corrected chi connectivity index (χ4v) is 2.60. The Balaban J connectivity index is 2.27. The van der Waals surface area contributed by atoms with Crippen LogP contribution in [0.1, 0.15) is 17.2 Å². The molecule has 0 spiro atoms. The molecule has 0 amide bonds. The average Bonchev–Trinajstić information content (AvgIpc) is 2.36. The van der Waals surface area contributed by atoms with Crippen molar-refractivity contribution in [3.63, 3.8) is 0 Å². The summed E-state index contributed by atoms with van der Waals surface area (Å²) >= 11 is 23.9. The molecule has 2 rings (SSSR count). The predicted octanol–water partition coefficient (Wildman–Crippen LogP) is 5.58. The van der Waals surface area contributed by atoms with Gasteiger partial charge >= 0.3 is 0 Å². The maximum Gasteiger partial charge on any atom is 0.0845 e. The Morgan fingerprint density at radius 1 is 0.842 bits per heavy atom. The molecular formula is C14H10Cl4O. The number of aliphatic hydroxyl groups excluding tert-OH is 1. The molecule has 0 saturated carbocycles. The highest BCUT2D eigenvalue weighted by molar-refractivity contribution is 6.34. The van der Waals surface area contributed by atoms with Crippen molar-refractivity contribution in [2.75, 3.05) is 0 Å². The molecule has 0 aromatic heterocycles. The van der Waals surface area contributed by atoms with E-state index in [-0.39, 0.29) is 0 Å². The zero-order valence-corrected chi connectivity index (χ0v) is 12.7. The second kappa shape index (κ2) is 6.34. The van der Waals surface area contributed by atoms with Crippen molar-refractivity contribution in [2.24, 2.45) is 0 Å². The van der Waals surface area contributed by atoms with Crippen LogP contribution < -0.4 is 0 Å². The van der Waals surface area contributed by atoms with E-state index in [9.17, 15) is 5.11 Å². The molecule has 5 heteroatoms. The van der Waals surface area contributed by atoms with Crippen LogP contribution in [0, 0.1) is 0 Å². The summed E-state index contributed by atoms with van der Waals surface area (Å²) in [5.41, 5.74) is 1.34. The minimum Gasteiger partial charge on any atom is -0.388 e. The molecule has 0 radical (unpaired) electrons. The number of aliphatic hydroxyl groups is 1. The van der Waals surface area contributed by atoms with Gasteiger partial charge in [0.15, 0.2) is 0 Å². The van der Waals surface area contributed by atoms with E-state index in [1.165, 1.54) is 0 Å². The third kappa shape index (κ3) is 3.77. The maximum atomic E-state index is 10.2. The van der Waals surface area contributed by atoms with Gasteiger partial charge in [-0.25, -0.2) is 0 Å². The second-order valence-electron chi connectivity index (χ2n) is 4.12. The highest BCUT2D eigenvalue weighted by Gasteiger charge is 2.15. The lowest BCUT2D eigenvalue weighted by Crippen LogP contribution is -2.03. The standard InChI is InChI=1S/C14H10Cl4O/c15-9-1-3-12(17)8(5-9)6-14(19)11-7-10(16)2-4-13(11)18/h1-5,7,14,19H,6H2. The molecule has 1 nitrogen and oxygen atoms in total. The molecule has 100 valence electrons. The summed E-state index contributed by atoms with van der Waals surface area (Å²) in [5.74, 6) is 0. The van der Waals surface area contributed by atoms with Crippen LogP contribution >= 0.6 is 46.4 Å². The fourth-order valence-electron chi connectivity index (χ4n) is 1.79. The van der Waals surface area contributed by atoms with Gasteiger partial charge in [-0.15, -0.1) is 0 Å². The fraction of sp³-hybridized carbons (Fsp3) is 0.143. The third-order valence-electron chi connectivity index (χ3n) is 2.74. The van der Waals surface area contributed by atoms with Crippen molar-refractivity contribution in [1.29, 1.82) is 0 Å². The van der Waals surface area contributed by atoms with Crippen LogP contribution in [0.15, 0.2) is 36.4 Å². The first-order valence-electron chi connectivity index (χ1n) is 5.54. The van der Waals surface area contributed by atoms with Gasteiger partial charge in [-0.1, -0.05) is 46.4 Å². The van der Waals surface area contributed by atoms with Gasteiger partial charge in [-0.05, 0) is 42.0 Å². The van der Waals surface area contributed by atoms with Gasteiger partial charge in [0.2, 0.25) is 0 Å². The molecule has 2 aromatic carbocycles. The monoisotopic (exact) mass is 334 g/mol. The Labute approximate surface area is 131 Å². The Hall–Kier alpha value is -0.440. The van der Waals surface area contributed by atoms with E-state index in [0.29, 0.717) is 32.1 Å². The third-order valence-corrected chi connectivity index (χ3v) is 3.92. The lowest BCUT2D eigenvalue weighted by molar-refractivity contribution is 0.178. The summed E-state index contributed by atoms with van der Waals surface area (Å²) in [7, 11) is 0. The average molecular weight is 336 g/mol. The normalized spacial score (nSPS) is 12.5. The summed E-state index contributed by atoms with van der Waals surface area (Å²) in [6.07, 6.45) is -0.471. The molecule has 19 heavy (non-hydrogen) atoms. The van der Waals surface area contributed by atoms with Gasteiger partial charge in [0.1, 0.15) is 0 Å². The summed E-state index contributed by atoms with van der Waals surface area (Å²) in [6, 6.07) is 10.1. The van der Waals surface area contributed by atoms with Gasteiger partial charge in [0.25, 0.3) is 0 Å². The second-order valence-corrected chi connectivity index (χ2v) is 5.81. The first-order chi connectivity index (χ1) is 8.97. The minimum atomic E-state index is -0.790. The van der Waals surface area contributed by atoms with Crippen LogP contribution in [0.2, 0.25) is 20.1 Å². The number of hydrogen-bond donors (Lipinski definition) is 1. The lowest BCUT2D eigenvalue weighted by atomic mass is 10.0. The Bertz CT molecular complexity index is 598. The lowest BCUT2D eigenvalue weighted by Gasteiger charge is -2.14. The van der Waals surface area contributed by atoms with E-state index < -0.39 is 6.10 Å². The van der Waals surface area contributed by atoms with Crippen molar-refractivity contribution in [3.05, 3.63) is 67.6 Å². The van der Waals surface area contributed by atoms with Crippen molar-refractivity contribution < 1.29 is 5.11 Å². The number of hydrogen-bond acceptors (Lipinski definition) is 1. The molecule has 0 aliphatic rings. The van der Waals surface area contributed by atoms with Gasteiger partial charge in [0, 0.05) is 32.1 Å². The summed E-state index contributed by atoms with van der Waals surface area (Å²) in [4.78, 5) is 0. The molecular weight excluding hydrogens is 326 g/mol. The van der Waals surface area contributed by atoms with E-state index in [1.807, 2.05) is 0 Å². The van der Waals surface area contributed by atoms with E-state index >= 15 is 0 Å². The molecule has 0 aliphatic heterocycles. The number of benzene rings is 2. The quantitative estimate of drug-likeness (QED) is 0.776. The van der Waals surface area contributed by atoms with Gasteiger partial charge in [-0.3, -0.25) is 0 Å². The smallest absolute Gasteiger partial charge is 0.0845 e. The summed E-state index contributed by atoms with van der Waals surface area (Å²) in [5, 5.41) is 12.4. The molecule has 0 bridgehead atoms. The molecule has 0 saturated heterocycles. The Kier molecular flexibility index (Phi) is 4.99. The maximum absolute atomic E-state index is 10.2. The highest BCUT2D eigenvalue weighted by Crippen LogP contribution is 2.31. The van der Waals surface area contributed by atoms with E-state index in [0.717, 1.165) is 5.56 Å². The van der Waals surface area contributed by atoms with Gasteiger partial charge in [-0.2, -0.15) is 0 Å². The first-order valence-corrected chi connectivity index (χ1v) is 7.05. The highest BCUT2D eigenvalue weighted by atomic mass is 35.5. The van der Waals surface area contributed by atoms with Gasteiger partial charge in [0.05, 0.1) is 6.10 Å². The van der Waals surface area contributed by atoms with Crippen LogP contribution in [0.5, 0.6) is 0 Å². The Morgan fingerprint density at radius 3 is 2.11 bits per heavy atom. The van der Waals surface area contributed by atoms with Crippen LogP contribution in [-0.4, -0.2) is 5.11 Å². The number of rotatable bonds is 3. The number of halogens is 4. The molecule has 1 atom stereocenters. The SMILES string of the molecule is OC(Cc1cc(Cl)ccc1Cl)c1cc(Cl)ccc1Cl. The van der Waals surface area contributed by atoms with Crippen LogP contribution in [0.3, 0.4) is 0 Å². The molecule has 0 aliphatic carbocycles. The van der Waals surface area contributed by atoms with Crippen molar-refractivity contribution in [2.45, 2.75) is 12.5 Å². The van der Waals surface area contributed by atoms with E-state index in [2.05, 4.69) is 0 Å². The first kappa shape index (κ1) is 15.0. The zero-order valence-electron chi connectivity index (χ0n) is 9.71. The molecule has 2 aromatic rings. The molecule has 0 fully saturated rings. The van der Waals surface area contributed by atoms with E-state index in [1.54, 1.807) is 36.4 Å². The molecule has 0 heterocycles. The summed E-state index contributed by atoms with van der Waals surface area (Å²) in [6.45, 7) is 0. The van der Waals surface area contributed by atoms with Crippen molar-refractivity contribution in [3.8, 4) is 0 Å². The topological polar surface area (TPSA) is 20.2 Å². The minimum absolute atomic E-state index is 0.319. The largest absolute Gasteiger partial charge is 0.388 e. The van der Waals surface area contributed by atoms with Crippen molar-refractivity contribution in [1.82, 2.24) is 0 Å². The summed E-state index contributed by atoms with van der Waals surface area (Å²) < 4.78 is 0. The van der Waals surface area contributed by atoms with Crippen LogP contribution in [0.4, 0.5) is 0 Å². The molecule has 1 N–H and O–H groups in total. The van der Waals surface area contributed by atoms with Gasteiger partial charge < -0.3 is 5.11 Å². The molecule has 1 unspecified atom stereocenters. The van der Waals surface area contributed by atoms with Crippen LogP contribution in [-0.2, 0) is 6.42 Å². The van der Waals surface area contributed by atoms with Crippen LogP contribution in [0.25, 0.3) is 0 Å². The Morgan fingerprint density at radius 2 is 1.42 bits per heavy atom. The van der Waals surface area contributed by atoms with Crippen molar-refractivity contribution >= 4 is 46.4 Å². The predicted molar refractivity (Wildman–Crippen MR) is 81.6 cm³/mol.